The van der Waals surface area contributed by atoms with Crippen molar-refractivity contribution in [1.82, 2.24) is 4.98 Å². The minimum atomic E-state index is -0.857. The summed E-state index contributed by atoms with van der Waals surface area (Å²) >= 11 is 5.99. The first kappa shape index (κ1) is 14.6. The number of pyridine rings is 1. The molecule has 0 spiro atoms. The number of hydrogen-bond donors (Lipinski definition) is 2. The van der Waals surface area contributed by atoms with Gasteiger partial charge >= 0.3 is 0 Å². The fourth-order valence-corrected chi connectivity index (χ4v) is 3.34. The first-order valence-electron chi connectivity index (χ1n) is 7.19. The third-order valence-corrected chi connectivity index (χ3v) is 4.46. The van der Waals surface area contributed by atoms with Crippen LogP contribution in [0.15, 0.2) is 12.3 Å². The smallest absolute Gasteiger partial charge is 0.129 e. The number of aromatic nitrogens is 1. The zero-order valence-electron chi connectivity index (χ0n) is 11.5. The summed E-state index contributed by atoms with van der Waals surface area (Å²) in [6.07, 6.45) is 8.78. The van der Waals surface area contributed by atoms with Crippen LogP contribution in [0, 0.1) is 5.92 Å². The van der Waals surface area contributed by atoms with Crippen molar-refractivity contribution in [2.75, 3.05) is 5.73 Å². The summed E-state index contributed by atoms with van der Waals surface area (Å²) in [4.78, 5) is 4.07. The Balaban J connectivity index is 2.20. The number of nitrogen functional groups attached to an aromatic ring is 1. The van der Waals surface area contributed by atoms with Crippen LogP contribution in [-0.4, -0.2) is 10.1 Å². The first-order chi connectivity index (χ1) is 9.05. The van der Waals surface area contributed by atoms with Crippen molar-refractivity contribution in [2.24, 2.45) is 5.92 Å². The normalized spacial score (nSPS) is 28.1. The molecule has 2 atom stereocenters. The van der Waals surface area contributed by atoms with Crippen molar-refractivity contribution in [3.63, 3.8) is 0 Å². The number of nitrogens with two attached hydrogens (primary N) is 1. The SMILES string of the molecule is CCCC1CCCC(O)(c2cc(Cl)cnc2N)CC1. The van der Waals surface area contributed by atoms with Crippen LogP contribution in [0.1, 0.15) is 57.4 Å². The molecule has 1 saturated carbocycles. The molecule has 0 saturated heterocycles. The summed E-state index contributed by atoms with van der Waals surface area (Å²) in [7, 11) is 0. The molecular weight excluding hydrogens is 260 g/mol. The Bertz CT molecular complexity index is 438. The maximum Gasteiger partial charge on any atom is 0.129 e. The molecular formula is C15H23ClN2O. The zero-order chi connectivity index (χ0) is 13.9. The first-order valence-corrected chi connectivity index (χ1v) is 7.57. The van der Waals surface area contributed by atoms with E-state index in [1.54, 1.807) is 6.07 Å². The number of hydrogen-bond acceptors (Lipinski definition) is 3. The van der Waals surface area contributed by atoms with Gasteiger partial charge in [-0.25, -0.2) is 4.98 Å². The molecule has 0 aromatic carbocycles. The highest BCUT2D eigenvalue weighted by Crippen LogP contribution is 2.41. The third kappa shape index (κ3) is 3.40. The van der Waals surface area contributed by atoms with Crippen LogP contribution in [0.5, 0.6) is 0 Å². The quantitative estimate of drug-likeness (QED) is 0.827. The summed E-state index contributed by atoms with van der Waals surface area (Å²) < 4.78 is 0. The Morgan fingerprint density at radius 2 is 2.26 bits per heavy atom. The van der Waals surface area contributed by atoms with Crippen LogP contribution in [0.3, 0.4) is 0 Å². The number of rotatable bonds is 3. The molecule has 1 aliphatic rings. The van der Waals surface area contributed by atoms with Crippen molar-refractivity contribution in [2.45, 2.75) is 57.5 Å². The average molecular weight is 283 g/mol. The van der Waals surface area contributed by atoms with E-state index >= 15 is 0 Å². The van der Waals surface area contributed by atoms with Crippen molar-refractivity contribution in [3.8, 4) is 0 Å². The summed E-state index contributed by atoms with van der Waals surface area (Å²) in [6, 6.07) is 1.77. The Hall–Kier alpha value is -0.800. The molecule has 0 aliphatic heterocycles. The minimum Gasteiger partial charge on any atom is -0.385 e. The van der Waals surface area contributed by atoms with E-state index in [1.165, 1.54) is 25.5 Å². The summed E-state index contributed by atoms with van der Waals surface area (Å²) in [5.41, 5.74) is 5.77. The fourth-order valence-electron chi connectivity index (χ4n) is 3.18. The number of anilines is 1. The molecule has 106 valence electrons. The summed E-state index contributed by atoms with van der Waals surface area (Å²) in [5.74, 6) is 1.13. The van der Waals surface area contributed by atoms with Crippen LogP contribution in [0.25, 0.3) is 0 Å². The Labute approximate surface area is 120 Å². The lowest BCUT2D eigenvalue weighted by Crippen LogP contribution is -2.26. The molecule has 0 bridgehead atoms. The molecule has 4 heteroatoms. The molecule has 1 heterocycles. The molecule has 2 unspecified atom stereocenters. The molecule has 1 aromatic heterocycles. The van der Waals surface area contributed by atoms with Crippen molar-refractivity contribution in [1.29, 1.82) is 0 Å². The van der Waals surface area contributed by atoms with Gasteiger partial charge in [0.2, 0.25) is 0 Å². The highest BCUT2D eigenvalue weighted by molar-refractivity contribution is 6.30. The number of halogens is 1. The molecule has 19 heavy (non-hydrogen) atoms. The summed E-state index contributed by atoms with van der Waals surface area (Å²) in [5, 5.41) is 11.5. The number of aliphatic hydroxyl groups is 1. The van der Waals surface area contributed by atoms with Crippen LogP contribution in [-0.2, 0) is 5.60 Å². The number of nitrogens with zero attached hydrogens (tertiary/aromatic N) is 1. The molecule has 2 rings (SSSR count). The van der Waals surface area contributed by atoms with E-state index in [2.05, 4.69) is 11.9 Å². The van der Waals surface area contributed by atoms with Gasteiger partial charge in [-0.3, -0.25) is 0 Å². The predicted octanol–water partition coefficient (Wildman–Crippen LogP) is 3.89. The second-order valence-electron chi connectivity index (χ2n) is 5.70. The van der Waals surface area contributed by atoms with Crippen LogP contribution >= 0.6 is 11.6 Å². The van der Waals surface area contributed by atoms with E-state index in [1.807, 2.05) is 0 Å². The van der Waals surface area contributed by atoms with Crippen LogP contribution < -0.4 is 5.73 Å². The van der Waals surface area contributed by atoms with Gasteiger partial charge in [-0.2, -0.15) is 0 Å². The topological polar surface area (TPSA) is 59.1 Å². The second kappa shape index (κ2) is 6.10. The lowest BCUT2D eigenvalue weighted by atomic mass is 9.86. The van der Waals surface area contributed by atoms with E-state index in [4.69, 9.17) is 17.3 Å². The second-order valence-corrected chi connectivity index (χ2v) is 6.14. The highest BCUT2D eigenvalue weighted by atomic mass is 35.5. The monoisotopic (exact) mass is 282 g/mol. The molecule has 1 aliphatic carbocycles. The van der Waals surface area contributed by atoms with E-state index in [-0.39, 0.29) is 0 Å². The van der Waals surface area contributed by atoms with Crippen LogP contribution in [0.2, 0.25) is 5.02 Å². The average Bonchev–Trinajstić information content (AvgIpc) is 2.56. The molecule has 0 amide bonds. The zero-order valence-corrected chi connectivity index (χ0v) is 12.3. The van der Waals surface area contributed by atoms with Gasteiger partial charge in [0, 0.05) is 11.8 Å². The van der Waals surface area contributed by atoms with Crippen molar-refractivity contribution >= 4 is 17.4 Å². The van der Waals surface area contributed by atoms with E-state index in [0.29, 0.717) is 16.4 Å². The van der Waals surface area contributed by atoms with E-state index < -0.39 is 5.60 Å². The van der Waals surface area contributed by atoms with Gasteiger partial charge in [-0.1, -0.05) is 37.8 Å². The predicted molar refractivity (Wildman–Crippen MR) is 79.0 cm³/mol. The third-order valence-electron chi connectivity index (χ3n) is 4.25. The van der Waals surface area contributed by atoms with E-state index in [9.17, 15) is 5.11 Å². The van der Waals surface area contributed by atoms with Crippen molar-refractivity contribution in [3.05, 3.63) is 22.8 Å². The Morgan fingerprint density at radius 1 is 1.47 bits per heavy atom. The fraction of sp³-hybridized carbons (Fsp3) is 0.667. The lowest BCUT2D eigenvalue weighted by Gasteiger charge is -2.28. The van der Waals surface area contributed by atoms with Gasteiger partial charge in [-0.05, 0) is 37.7 Å². The maximum atomic E-state index is 10.9. The molecule has 1 fully saturated rings. The largest absolute Gasteiger partial charge is 0.385 e. The Kier molecular flexibility index (Phi) is 4.69. The molecule has 0 radical (unpaired) electrons. The maximum absolute atomic E-state index is 10.9. The van der Waals surface area contributed by atoms with Gasteiger partial charge in [0.05, 0.1) is 10.6 Å². The van der Waals surface area contributed by atoms with Crippen LogP contribution in [0.4, 0.5) is 5.82 Å². The standard InChI is InChI=1S/C15H23ClN2O/c1-2-4-11-5-3-7-15(19,8-6-11)13-9-12(16)10-18-14(13)17/h9-11,19H,2-8H2,1H3,(H2,17,18). The van der Waals surface area contributed by atoms with Gasteiger partial charge in [0.1, 0.15) is 5.82 Å². The molecule has 3 N–H and O–H groups in total. The lowest BCUT2D eigenvalue weighted by molar-refractivity contribution is 0.0200. The molecule has 1 aromatic rings. The van der Waals surface area contributed by atoms with Gasteiger partial charge in [0.15, 0.2) is 0 Å². The Morgan fingerprint density at radius 3 is 3.00 bits per heavy atom. The van der Waals surface area contributed by atoms with Gasteiger partial charge in [-0.15, -0.1) is 0 Å². The van der Waals surface area contributed by atoms with Crippen molar-refractivity contribution < 1.29 is 5.11 Å². The molecule has 3 nitrogen and oxygen atoms in total. The highest BCUT2D eigenvalue weighted by Gasteiger charge is 2.34. The van der Waals surface area contributed by atoms with E-state index in [0.717, 1.165) is 31.6 Å². The van der Waals surface area contributed by atoms with Gasteiger partial charge < -0.3 is 10.8 Å². The minimum absolute atomic E-state index is 0.404. The summed E-state index contributed by atoms with van der Waals surface area (Å²) in [6.45, 7) is 2.22. The van der Waals surface area contributed by atoms with Gasteiger partial charge in [0.25, 0.3) is 0 Å².